The van der Waals surface area contributed by atoms with Gasteiger partial charge in [-0.3, -0.25) is 9.59 Å². The summed E-state index contributed by atoms with van der Waals surface area (Å²) in [5.74, 6) is -1.75. The van der Waals surface area contributed by atoms with Crippen LogP contribution in [0.25, 0.3) is 16.3 Å². The first-order valence-corrected chi connectivity index (χ1v) is 10.5. The van der Waals surface area contributed by atoms with E-state index in [1.165, 1.54) is 4.40 Å². The zero-order valence-electron chi connectivity index (χ0n) is 16.2. The normalized spacial score (nSPS) is 11.2. The molecule has 0 bridgehead atoms. The molecule has 0 aliphatic heterocycles. The Hall–Kier alpha value is -3.57. The largest absolute Gasteiger partial charge is 0.310 e. The number of nitrogens with zero attached hydrogens (tertiary/aromatic N) is 1. The summed E-state index contributed by atoms with van der Waals surface area (Å²) in [6.45, 7) is 0. The summed E-state index contributed by atoms with van der Waals surface area (Å²) in [4.78, 5) is 26.5. The number of pyridine rings is 1. The molecule has 0 N–H and O–H groups in total. The Balaban J connectivity index is 1.68. The number of benzene rings is 3. The molecule has 5 heteroatoms. The van der Waals surface area contributed by atoms with E-state index < -0.39 is 17.4 Å². The lowest BCUT2D eigenvalue weighted by molar-refractivity contribution is 0.103. The van der Waals surface area contributed by atoms with Crippen LogP contribution in [-0.4, -0.2) is 16.0 Å². The molecule has 0 spiro atoms. The minimum absolute atomic E-state index is 0.105. The SMILES string of the molecule is O=C(c1ccc(Br)cc1)c1c(F)c(C(=O)c2ccc3ccccc3c2)n2ccccc12. The Morgan fingerprint density at radius 2 is 1.42 bits per heavy atom. The molecule has 0 unspecified atom stereocenters. The molecule has 0 fully saturated rings. The Morgan fingerprint density at radius 1 is 0.742 bits per heavy atom. The lowest BCUT2D eigenvalue weighted by Crippen LogP contribution is -2.08. The van der Waals surface area contributed by atoms with E-state index in [4.69, 9.17) is 0 Å². The van der Waals surface area contributed by atoms with Crippen molar-refractivity contribution in [3.63, 3.8) is 0 Å². The smallest absolute Gasteiger partial charge is 0.212 e. The first kappa shape index (κ1) is 19.4. The summed E-state index contributed by atoms with van der Waals surface area (Å²) in [6, 6.07) is 24.7. The molecule has 0 radical (unpaired) electrons. The molecule has 31 heavy (non-hydrogen) atoms. The molecule has 3 nitrogen and oxygen atoms in total. The van der Waals surface area contributed by atoms with E-state index in [1.54, 1.807) is 60.8 Å². The second-order valence-corrected chi connectivity index (χ2v) is 8.14. The van der Waals surface area contributed by atoms with Gasteiger partial charge >= 0.3 is 0 Å². The third-order valence-electron chi connectivity index (χ3n) is 5.34. The molecule has 5 aromatic rings. The van der Waals surface area contributed by atoms with Crippen LogP contribution < -0.4 is 0 Å². The van der Waals surface area contributed by atoms with Crippen molar-refractivity contribution in [3.8, 4) is 0 Å². The van der Waals surface area contributed by atoms with Crippen LogP contribution in [0.15, 0.2) is 95.6 Å². The highest BCUT2D eigenvalue weighted by Crippen LogP contribution is 2.28. The number of halogens is 2. The van der Waals surface area contributed by atoms with Gasteiger partial charge in [0.2, 0.25) is 5.78 Å². The van der Waals surface area contributed by atoms with E-state index in [1.807, 2.05) is 30.3 Å². The van der Waals surface area contributed by atoms with Gasteiger partial charge in [0, 0.05) is 21.8 Å². The molecule has 0 saturated heterocycles. The molecule has 0 atom stereocenters. The second-order valence-electron chi connectivity index (χ2n) is 7.22. The van der Waals surface area contributed by atoms with Gasteiger partial charge in [-0.1, -0.05) is 58.4 Å². The van der Waals surface area contributed by atoms with Crippen LogP contribution in [0.5, 0.6) is 0 Å². The maximum Gasteiger partial charge on any atom is 0.212 e. The average Bonchev–Trinajstić information content (AvgIpc) is 3.10. The number of carbonyl (C=O) groups is 2. The number of ketones is 2. The minimum atomic E-state index is -0.808. The highest BCUT2D eigenvalue weighted by atomic mass is 79.9. The molecule has 2 heterocycles. The van der Waals surface area contributed by atoms with Gasteiger partial charge in [-0.15, -0.1) is 0 Å². The van der Waals surface area contributed by atoms with Crippen LogP contribution in [0.1, 0.15) is 32.0 Å². The van der Waals surface area contributed by atoms with Crippen molar-refractivity contribution in [2.45, 2.75) is 0 Å². The summed E-state index contributed by atoms with van der Waals surface area (Å²) in [7, 11) is 0. The molecule has 150 valence electrons. The van der Waals surface area contributed by atoms with Crippen LogP contribution in [-0.2, 0) is 0 Å². The van der Waals surface area contributed by atoms with Gasteiger partial charge in [0.15, 0.2) is 11.6 Å². The van der Waals surface area contributed by atoms with Gasteiger partial charge in [0.1, 0.15) is 5.69 Å². The zero-order chi connectivity index (χ0) is 21.5. The van der Waals surface area contributed by atoms with Crippen molar-refractivity contribution >= 4 is 43.8 Å². The fourth-order valence-corrected chi connectivity index (χ4v) is 4.08. The first-order valence-electron chi connectivity index (χ1n) is 9.67. The first-order chi connectivity index (χ1) is 15.0. The monoisotopic (exact) mass is 471 g/mol. The van der Waals surface area contributed by atoms with Crippen LogP contribution in [0, 0.1) is 5.82 Å². The maximum atomic E-state index is 15.7. The van der Waals surface area contributed by atoms with E-state index >= 15 is 4.39 Å². The molecule has 0 saturated carbocycles. The van der Waals surface area contributed by atoms with Crippen molar-refractivity contribution < 1.29 is 14.0 Å². The van der Waals surface area contributed by atoms with Gasteiger partial charge < -0.3 is 4.40 Å². The quantitative estimate of drug-likeness (QED) is 0.282. The number of aromatic nitrogens is 1. The molecule has 0 amide bonds. The van der Waals surface area contributed by atoms with E-state index in [-0.39, 0.29) is 11.3 Å². The van der Waals surface area contributed by atoms with Gasteiger partial charge in [-0.05, 0) is 53.2 Å². The fourth-order valence-electron chi connectivity index (χ4n) is 3.82. The summed E-state index contributed by atoms with van der Waals surface area (Å²) in [5, 5.41) is 1.88. The Morgan fingerprint density at radius 3 is 2.19 bits per heavy atom. The third kappa shape index (κ3) is 3.27. The highest BCUT2D eigenvalue weighted by Gasteiger charge is 2.28. The molecule has 0 aliphatic carbocycles. The van der Waals surface area contributed by atoms with Crippen LogP contribution >= 0.6 is 15.9 Å². The third-order valence-corrected chi connectivity index (χ3v) is 5.87. The zero-order valence-corrected chi connectivity index (χ0v) is 17.8. The Labute approximate surface area is 185 Å². The predicted molar refractivity (Wildman–Crippen MR) is 122 cm³/mol. The summed E-state index contributed by atoms with van der Waals surface area (Å²) in [5.41, 5.74) is 0.821. The standard InChI is InChI=1S/C26H15BrFNO2/c27-20-12-10-17(11-13-20)25(30)22-21-7-3-4-14-29(21)24(23(22)28)26(31)19-9-8-16-5-1-2-6-18(16)15-19/h1-15H. The molecule has 2 aromatic heterocycles. The van der Waals surface area contributed by atoms with Crippen LogP contribution in [0.3, 0.4) is 0 Å². The topological polar surface area (TPSA) is 38.5 Å². The molecule has 5 rings (SSSR count). The van der Waals surface area contributed by atoms with Crippen LogP contribution in [0.2, 0.25) is 0 Å². The lowest BCUT2D eigenvalue weighted by atomic mass is 10.0. The van der Waals surface area contributed by atoms with Gasteiger partial charge in [0.25, 0.3) is 0 Å². The minimum Gasteiger partial charge on any atom is -0.310 e. The van der Waals surface area contributed by atoms with Crippen molar-refractivity contribution in [2.75, 3.05) is 0 Å². The van der Waals surface area contributed by atoms with Crippen molar-refractivity contribution in [1.29, 1.82) is 0 Å². The van der Waals surface area contributed by atoms with E-state index in [2.05, 4.69) is 15.9 Å². The van der Waals surface area contributed by atoms with E-state index in [0.717, 1.165) is 15.2 Å². The molecule has 3 aromatic carbocycles. The van der Waals surface area contributed by atoms with E-state index in [9.17, 15) is 9.59 Å². The number of rotatable bonds is 4. The average molecular weight is 472 g/mol. The maximum absolute atomic E-state index is 15.7. The van der Waals surface area contributed by atoms with Gasteiger partial charge in [0.05, 0.1) is 11.1 Å². The molecule has 0 aliphatic rings. The number of hydrogen-bond acceptors (Lipinski definition) is 2. The van der Waals surface area contributed by atoms with Gasteiger partial charge in [-0.25, -0.2) is 4.39 Å². The summed E-state index contributed by atoms with van der Waals surface area (Å²) in [6.07, 6.45) is 1.60. The van der Waals surface area contributed by atoms with Crippen LogP contribution in [0.4, 0.5) is 4.39 Å². The molecular formula is C26H15BrFNO2. The Kier molecular flexibility index (Phi) is 4.75. The van der Waals surface area contributed by atoms with Crippen molar-refractivity contribution in [2.24, 2.45) is 0 Å². The molecular weight excluding hydrogens is 457 g/mol. The lowest BCUT2D eigenvalue weighted by Gasteiger charge is -2.04. The van der Waals surface area contributed by atoms with Gasteiger partial charge in [-0.2, -0.15) is 0 Å². The fraction of sp³-hybridized carbons (Fsp3) is 0. The predicted octanol–water partition coefficient (Wildman–Crippen LogP) is 6.46. The second kappa shape index (κ2) is 7.60. The number of hydrogen-bond donors (Lipinski definition) is 0. The summed E-state index contributed by atoms with van der Waals surface area (Å²) >= 11 is 3.34. The number of carbonyl (C=O) groups excluding carboxylic acids is 2. The van der Waals surface area contributed by atoms with Crippen molar-refractivity contribution in [1.82, 2.24) is 4.40 Å². The van der Waals surface area contributed by atoms with Crippen molar-refractivity contribution in [3.05, 3.63) is 124 Å². The Bertz CT molecular complexity index is 1490. The number of fused-ring (bicyclic) bond motifs is 2. The highest BCUT2D eigenvalue weighted by molar-refractivity contribution is 9.10. The summed E-state index contributed by atoms with van der Waals surface area (Å²) < 4.78 is 18.0. The van der Waals surface area contributed by atoms with E-state index in [0.29, 0.717) is 16.6 Å².